The Balaban J connectivity index is 1.62. The molecule has 1 aromatic heterocycles. The Labute approximate surface area is 320 Å². The fourth-order valence-electron chi connectivity index (χ4n) is 5.64. The molecule has 1 heterocycles. The van der Waals surface area contributed by atoms with Crippen molar-refractivity contribution in [3.63, 3.8) is 0 Å². The molecule has 3 aromatic carbocycles. The van der Waals surface area contributed by atoms with E-state index in [1.165, 1.54) is 0 Å². The molecule has 0 aliphatic carbocycles. The van der Waals surface area contributed by atoms with Gasteiger partial charge < -0.3 is 31.1 Å². The summed E-state index contributed by atoms with van der Waals surface area (Å²) in [5.41, 5.74) is 8.61. The van der Waals surface area contributed by atoms with E-state index >= 15 is 0 Å². The molecule has 16 heteroatoms. The quantitative estimate of drug-likeness (QED) is 0.0770. The van der Waals surface area contributed by atoms with Crippen LogP contribution in [0.15, 0.2) is 87.9 Å². The van der Waals surface area contributed by atoms with E-state index in [1.807, 2.05) is 73.4 Å². The van der Waals surface area contributed by atoms with Crippen LogP contribution in [0.3, 0.4) is 0 Å². The van der Waals surface area contributed by atoms with Crippen molar-refractivity contribution in [3.8, 4) is 22.4 Å². The summed E-state index contributed by atoms with van der Waals surface area (Å²) in [5.74, 6) is -5.35. The number of carbonyl (C=O) groups excluding carboxylic acids is 3. The Hall–Kier alpha value is -4.62. The number of aliphatic carboxylic acids is 2. The number of carbonyl (C=O) groups is 5. The fourth-order valence-corrected chi connectivity index (χ4v) is 8.59. The number of primary amides is 1. The highest BCUT2D eigenvalue weighted by atomic mass is 79.9. The van der Waals surface area contributed by atoms with Gasteiger partial charge in [0.25, 0.3) is 0 Å². The number of carboxylic acid groups (broad SMARTS) is 2. The molecule has 53 heavy (non-hydrogen) atoms. The fraction of sp³-hybridized carbons (Fsp3) is 0.297. The second kappa shape index (κ2) is 18.9. The molecule has 3 amide bonds. The normalized spacial score (nSPS) is 14.0. The molecule has 1 unspecified atom stereocenters. The molecule has 4 aromatic rings. The maximum absolute atomic E-state index is 14.2. The van der Waals surface area contributed by atoms with Crippen LogP contribution < -0.4 is 21.7 Å². The van der Waals surface area contributed by atoms with Gasteiger partial charge in [-0.1, -0.05) is 69.1 Å². The molecule has 0 saturated carbocycles. The predicted molar refractivity (Wildman–Crippen MR) is 205 cm³/mol. The number of hydrogen-bond donors (Lipinski definition) is 5. The molecule has 280 valence electrons. The highest BCUT2D eigenvalue weighted by molar-refractivity contribution is 9.10. The van der Waals surface area contributed by atoms with Crippen LogP contribution in [0.1, 0.15) is 31.4 Å². The van der Waals surface area contributed by atoms with E-state index < -0.39 is 68.0 Å². The van der Waals surface area contributed by atoms with Crippen LogP contribution in [0.2, 0.25) is 5.02 Å². The highest BCUT2D eigenvalue weighted by Crippen LogP contribution is 2.56. The van der Waals surface area contributed by atoms with Gasteiger partial charge in [0.1, 0.15) is 35.0 Å². The van der Waals surface area contributed by atoms with E-state index in [0.717, 1.165) is 26.5 Å². The number of benzene rings is 3. The lowest BCUT2D eigenvalue weighted by Gasteiger charge is -2.26. The molecule has 0 fully saturated rings. The number of hydrogen-bond acceptors (Lipinski definition) is 8. The molecule has 0 radical (unpaired) electrons. The third-order valence-corrected chi connectivity index (χ3v) is 12.7. The first-order valence-electron chi connectivity index (χ1n) is 16.5. The van der Waals surface area contributed by atoms with Gasteiger partial charge in [-0.25, -0.2) is 4.52 Å². The second-order valence-corrected chi connectivity index (χ2v) is 17.3. The number of nitrogens with one attached hydrogen (secondary N) is 2. The minimum absolute atomic E-state index is 0.0463. The average Bonchev–Trinajstić information content (AvgIpc) is 3.59. The Bertz CT molecular complexity index is 1930. The van der Waals surface area contributed by atoms with E-state index in [2.05, 4.69) is 31.7 Å². The summed E-state index contributed by atoms with van der Waals surface area (Å²) in [4.78, 5) is 62.2. The van der Waals surface area contributed by atoms with Crippen LogP contribution >= 0.6 is 35.0 Å². The standard InChI is InChI=1S/C37H39BrClN4O9P/c1-51-53(2,29-12-10-26(38)11-13-29)21-25(36(49)42-31(15-17-34(46)47)37(50)41-30(35(40)48)14-16-33(44)45)19-28-20-32(43-52-28)23-8-6-22(7-9-23)24-4-3-5-27(39)18-24/h3-13,18,20,25,30-31H,14-17,19,21H2,1-2H3,(H5-,40,41,42,44,45,46,47,48,49,50)/p+1/t25-,30+,31+,53?/m1/s1. The minimum atomic E-state index is -2.48. The smallest absolute Gasteiger partial charge is 0.303 e. The van der Waals surface area contributed by atoms with Gasteiger partial charge in [-0.15, -0.1) is 0 Å². The van der Waals surface area contributed by atoms with E-state index in [-0.39, 0.29) is 25.4 Å². The lowest BCUT2D eigenvalue weighted by molar-refractivity contribution is -0.139. The maximum atomic E-state index is 14.2. The van der Waals surface area contributed by atoms with E-state index in [1.54, 1.807) is 19.2 Å². The summed E-state index contributed by atoms with van der Waals surface area (Å²) in [5, 5.41) is 29.2. The third kappa shape index (κ3) is 11.9. The van der Waals surface area contributed by atoms with Crippen LogP contribution in [-0.4, -0.2) is 77.1 Å². The number of carboxylic acids is 2. The molecular weight excluding hydrogens is 791 g/mol. The van der Waals surface area contributed by atoms with Crippen LogP contribution in [0.5, 0.6) is 0 Å². The van der Waals surface area contributed by atoms with Crippen molar-refractivity contribution in [2.75, 3.05) is 19.9 Å². The molecule has 6 N–H and O–H groups in total. The van der Waals surface area contributed by atoms with Crippen molar-refractivity contribution >= 4 is 70.0 Å². The Kier molecular flexibility index (Phi) is 14.7. The molecule has 0 aliphatic rings. The van der Waals surface area contributed by atoms with Crippen molar-refractivity contribution in [3.05, 3.63) is 94.1 Å². The van der Waals surface area contributed by atoms with Gasteiger partial charge in [0.05, 0.1) is 19.7 Å². The Morgan fingerprint density at radius 2 is 1.47 bits per heavy atom. The van der Waals surface area contributed by atoms with Gasteiger partial charge >= 0.3 is 11.9 Å². The number of nitrogens with two attached hydrogens (primary N) is 1. The lowest BCUT2D eigenvalue weighted by Crippen LogP contribution is -2.54. The summed E-state index contributed by atoms with van der Waals surface area (Å²) in [6, 6.07) is 21.7. The number of rotatable bonds is 19. The van der Waals surface area contributed by atoms with Crippen molar-refractivity contribution in [2.24, 2.45) is 11.7 Å². The molecule has 0 bridgehead atoms. The molecule has 13 nitrogen and oxygen atoms in total. The van der Waals surface area contributed by atoms with Crippen molar-refractivity contribution in [1.29, 1.82) is 0 Å². The highest BCUT2D eigenvalue weighted by Gasteiger charge is 2.42. The van der Waals surface area contributed by atoms with Crippen LogP contribution in [0, 0.1) is 5.92 Å². The van der Waals surface area contributed by atoms with Gasteiger partial charge in [-0.3, -0.25) is 24.0 Å². The zero-order valence-corrected chi connectivity index (χ0v) is 32.2. The summed E-state index contributed by atoms with van der Waals surface area (Å²) < 4.78 is 12.7. The van der Waals surface area contributed by atoms with E-state index in [0.29, 0.717) is 16.5 Å². The van der Waals surface area contributed by atoms with Crippen molar-refractivity contribution in [1.82, 2.24) is 15.8 Å². The van der Waals surface area contributed by atoms with Crippen LogP contribution in [-0.2, 0) is 34.9 Å². The molecule has 4 atom stereocenters. The van der Waals surface area contributed by atoms with Crippen molar-refractivity contribution in [2.45, 2.75) is 44.2 Å². The molecular formula is C37H40BrClN4O9P+. The number of aromatic nitrogens is 1. The first kappa shape index (κ1) is 41.1. The summed E-state index contributed by atoms with van der Waals surface area (Å²) >= 11 is 9.61. The van der Waals surface area contributed by atoms with Gasteiger partial charge in [-0.05, 0) is 60.4 Å². The van der Waals surface area contributed by atoms with Crippen LogP contribution in [0.4, 0.5) is 0 Å². The Morgan fingerprint density at radius 3 is 2.06 bits per heavy atom. The van der Waals surface area contributed by atoms with Gasteiger partial charge in [0, 0.05) is 40.4 Å². The monoisotopic (exact) mass is 829 g/mol. The minimum Gasteiger partial charge on any atom is -0.481 e. The molecule has 0 saturated heterocycles. The van der Waals surface area contributed by atoms with E-state index in [4.69, 9.17) is 31.5 Å². The molecule has 0 spiro atoms. The summed E-state index contributed by atoms with van der Waals surface area (Å²) in [7, 11) is -0.912. The molecule has 4 rings (SSSR count). The topological polar surface area (TPSA) is 211 Å². The SMILES string of the molecule is CO[P+](C)(C[C@@H](Cc1cc(-c2ccc(-c3cccc(Cl)c3)cc2)no1)C(=O)N[C@@H](CCC(=O)O)C(=O)N[C@@H](CCC(=O)O)C(N)=O)c1ccc(Br)cc1. The zero-order chi connectivity index (χ0) is 38.7. The van der Waals surface area contributed by atoms with Crippen LogP contribution in [0.25, 0.3) is 22.4 Å². The van der Waals surface area contributed by atoms with Crippen molar-refractivity contribution < 1.29 is 43.2 Å². The third-order valence-electron chi connectivity index (χ3n) is 8.65. The zero-order valence-electron chi connectivity index (χ0n) is 29.0. The van der Waals surface area contributed by atoms with E-state index in [9.17, 15) is 29.1 Å². The lowest BCUT2D eigenvalue weighted by atomic mass is 10.0. The van der Waals surface area contributed by atoms with Gasteiger partial charge in [-0.2, -0.15) is 0 Å². The first-order chi connectivity index (χ1) is 25.2. The molecule has 0 aliphatic heterocycles. The summed E-state index contributed by atoms with van der Waals surface area (Å²) in [6.07, 6.45) is -1.29. The van der Waals surface area contributed by atoms with Gasteiger partial charge in [0.2, 0.25) is 17.7 Å². The number of amides is 3. The first-order valence-corrected chi connectivity index (χ1v) is 20.0. The number of nitrogens with zero attached hydrogens (tertiary/aromatic N) is 1. The summed E-state index contributed by atoms with van der Waals surface area (Å²) in [6.45, 7) is 1.93. The Morgan fingerprint density at radius 1 is 0.868 bits per heavy atom. The average molecular weight is 831 g/mol. The number of halogens is 2. The second-order valence-electron chi connectivity index (χ2n) is 12.5. The predicted octanol–water partition coefficient (Wildman–Crippen LogP) is 5.30. The maximum Gasteiger partial charge on any atom is 0.303 e. The van der Waals surface area contributed by atoms with Gasteiger partial charge in [0.15, 0.2) is 7.49 Å². The largest absolute Gasteiger partial charge is 0.481 e.